The van der Waals surface area contributed by atoms with E-state index in [0.29, 0.717) is 25.7 Å². The summed E-state index contributed by atoms with van der Waals surface area (Å²) < 4.78 is 68.8. The Kier molecular flexibility index (Phi) is 71.2. The lowest BCUT2D eigenvalue weighted by Gasteiger charge is -2.21. The lowest BCUT2D eigenvalue weighted by atomic mass is 9.99. The first kappa shape index (κ1) is 98.1. The number of ether oxygens (including phenoxy) is 4. The van der Waals surface area contributed by atoms with Crippen molar-refractivity contribution in [3.63, 3.8) is 0 Å². The molecule has 19 heteroatoms. The Morgan fingerprint density at radius 2 is 0.510 bits per heavy atom. The number of hydrogen-bond donors (Lipinski definition) is 3. The van der Waals surface area contributed by atoms with Gasteiger partial charge in [0, 0.05) is 25.7 Å². The summed E-state index contributed by atoms with van der Waals surface area (Å²) >= 11 is 0. The molecular formula is C81H158O17P2. The van der Waals surface area contributed by atoms with E-state index in [9.17, 15) is 43.2 Å². The molecule has 0 aliphatic carbocycles. The van der Waals surface area contributed by atoms with Gasteiger partial charge in [-0.3, -0.25) is 37.3 Å². The van der Waals surface area contributed by atoms with Crippen LogP contribution >= 0.6 is 15.6 Å². The van der Waals surface area contributed by atoms with Crippen molar-refractivity contribution in [1.82, 2.24) is 0 Å². The molecule has 0 rings (SSSR count). The predicted molar refractivity (Wildman–Crippen MR) is 409 cm³/mol. The Hall–Kier alpha value is -1.94. The first-order chi connectivity index (χ1) is 48.4. The predicted octanol–water partition coefficient (Wildman–Crippen LogP) is 24.3. The average Bonchev–Trinajstić information content (AvgIpc) is 0.922. The highest BCUT2D eigenvalue weighted by Crippen LogP contribution is 2.45. The maximum Gasteiger partial charge on any atom is 0.472 e. The third-order valence-electron chi connectivity index (χ3n) is 19.3. The van der Waals surface area contributed by atoms with Crippen molar-refractivity contribution in [3.8, 4) is 0 Å². The van der Waals surface area contributed by atoms with Crippen molar-refractivity contribution >= 4 is 39.5 Å². The van der Waals surface area contributed by atoms with Gasteiger partial charge in [0.25, 0.3) is 0 Å². The van der Waals surface area contributed by atoms with Crippen LogP contribution in [0.2, 0.25) is 0 Å². The number of phosphoric acid groups is 2. The first-order valence-corrected chi connectivity index (χ1v) is 45.0. The van der Waals surface area contributed by atoms with Gasteiger partial charge in [0.15, 0.2) is 12.2 Å². The molecule has 0 saturated heterocycles. The number of unbranched alkanes of at least 4 members (excludes halogenated alkanes) is 49. The minimum Gasteiger partial charge on any atom is -0.462 e. The van der Waals surface area contributed by atoms with Crippen molar-refractivity contribution in [2.24, 2.45) is 11.8 Å². The maximum absolute atomic E-state index is 13.1. The molecule has 0 spiro atoms. The summed E-state index contributed by atoms with van der Waals surface area (Å²) in [4.78, 5) is 73.1. The van der Waals surface area contributed by atoms with E-state index in [2.05, 4.69) is 41.5 Å². The highest BCUT2D eigenvalue weighted by Gasteiger charge is 2.30. The van der Waals surface area contributed by atoms with Gasteiger partial charge in [-0.05, 0) is 37.5 Å². The van der Waals surface area contributed by atoms with Crippen LogP contribution in [-0.2, 0) is 65.4 Å². The lowest BCUT2D eigenvalue weighted by Crippen LogP contribution is -2.30. The van der Waals surface area contributed by atoms with Gasteiger partial charge >= 0.3 is 39.5 Å². The van der Waals surface area contributed by atoms with Crippen LogP contribution in [0.1, 0.15) is 427 Å². The summed E-state index contributed by atoms with van der Waals surface area (Å²) in [6.07, 6.45) is 62.2. The molecule has 594 valence electrons. The third-order valence-corrected chi connectivity index (χ3v) is 21.2. The Balaban J connectivity index is 5.26. The molecule has 0 radical (unpaired) electrons. The minimum absolute atomic E-state index is 0.107. The fraction of sp³-hybridized carbons (Fsp3) is 0.951. The third kappa shape index (κ3) is 73.0. The molecule has 0 amide bonds. The molecule has 0 fully saturated rings. The van der Waals surface area contributed by atoms with Crippen LogP contribution < -0.4 is 0 Å². The van der Waals surface area contributed by atoms with Gasteiger partial charge in [-0.2, -0.15) is 0 Å². The van der Waals surface area contributed by atoms with Crippen molar-refractivity contribution in [3.05, 3.63) is 0 Å². The first-order valence-electron chi connectivity index (χ1n) is 42.0. The van der Waals surface area contributed by atoms with Gasteiger partial charge in [-0.1, -0.05) is 375 Å². The highest BCUT2D eigenvalue weighted by molar-refractivity contribution is 7.47. The fourth-order valence-corrected chi connectivity index (χ4v) is 14.1. The summed E-state index contributed by atoms with van der Waals surface area (Å²) in [5, 5.41) is 10.6. The molecular weight excluding hydrogens is 1310 g/mol. The van der Waals surface area contributed by atoms with Gasteiger partial charge in [0.1, 0.15) is 19.3 Å². The number of hydrogen-bond acceptors (Lipinski definition) is 15. The minimum atomic E-state index is -4.96. The van der Waals surface area contributed by atoms with Gasteiger partial charge in [-0.15, -0.1) is 0 Å². The SMILES string of the molecule is CCCCCCCCCCCCCCCCCCC(=O)OC[C@H](COP(=O)(O)OC[C@@H](O)COP(=O)(O)OC[C@@H](COC(=O)CCCCCCCCCCCCCC)OC(=O)CCCCCCCCCCCCCC(C)C)OC(=O)CCCCCCCCCCCCCCCCC(C)CC. The number of carbonyl (C=O) groups is 4. The average molecular weight is 1470 g/mol. The van der Waals surface area contributed by atoms with Crippen LogP contribution in [0, 0.1) is 11.8 Å². The standard InChI is InChI=1S/C81H158O17P2/c1-7-10-12-14-16-18-20-22-23-24-28-34-40-46-52-58-64-79(84)92-70-76(97-80(85)65-59-53-47-41-35-29-26-25-27-32-38-44-50-56-62-74(6)9-3)71-95-99(87,88)93-67-75(82)68-94-100(89,90)96-72-77(69-91-78(83)63-57-51-45-39-33-21-19-17-15-13-11-8-2)98-81(86)66-60-54-48-42-36-30-31-37-43-49-55-61-73(4)5/h73-77,82H,7-72H2,1-6H3,(H,87,88)(H,89,90)/t74?,75-,76-,77-/m1/s1. The van der Waals surface area contributed by atoms with E-state index >= 15 is 0 Å². The van der Waals surface area contributed by atoms with E-state index in [4.69, 9.17) is 37.0 Å². The monoisotopic (exact) mass is 1470 g/mol. The van der Waals surface area contributed by atoms with Gasteiger partial charge in [0.2, 0.25) is 0 Å². The molecule has 0 heterocycles. The Labute approximate surface area is 613 Å². The molecule has 0 aromatic carbocycles. The number of rotatable bonds is 80. The Morgan fingerprint density at radius 3 is 0.760 bits per heavy atom. The van der Waals surface area contributed by atoms with Crippen molar-refractivity contribution in [2.75, 3.05) is 39.6 Å². The second kappa shape index (κ2) is 72.6. The van der Waals surface area contributed by atoms with E-state index in [0.717, 1.165) is 102 Å². The van der Waals surface area contributed by atoms with Gasteiger partial charge < -0.3 is 33.8 Å². The molecule has 0 saturated carbocycles. The van der Waals surface area contributed by atoms with Crippen LogP contribution in [0.4, 0.5) is 0 Å². The van der Waals surface area contributed by atoms with E-state index in [1.807, 2.05) is 0 Å². The molecule has 0 aromatic heterocycles. The number of aliphatic hydroxyl groups is 1. The van der Waals surface area contributed by atoms with E-state index < -0.39 is 97.5 Å². The van der Waals surface area contributed by atoms with Crippen molar-refractivity contribution in [1.29, 1.82) is 0 Å². The zero-order valence-corrected chi connectivity index (χ0v) is 67.3. The molecule has 0 aliphatic rings. The number of aliphatic hydroxyl groups excluding tert-OH is 1. The van der Waals surface area contributed by atoms with E-state index in [1.54, 1.807) is 0 Å². The van der Waals surface area contributed by atoms with Crippen molar-refractivity contribution < 1.29 is 80.2 Å². The van der Waals surface area contributed by atoms with Gasteiger partial charge in [-0.25, -0.2) is 9.13 Å². The largest absolute Gasteiger partial charge is 0.472 e. The highest BCUT2D eigenvalue weighted by atomic mass is 31.2. The topological polar surface area (TPSA) is 237 Å². The van der Waals surface area contributed by atoms with Crippen LogP contribution in [-0.4, -0.2) is 96.7 Å². The van der Waals surface area contributed by atoms with Crippen LogP contribution in [0.5, 0.6) is 0 Å². The smallest absolute Gasteiger partial charge is 0.462 e. The normalized spacial score (nSPS) is 14.2. The summed E-state index contributed by atoms with van der Waals surface area (Å²) in [6.45, 7) is 9.70. The molecule has 0 aromatic rings. The maximum atomic E-state index is 13.1. The molecule has 17 nitrogen and oxygen atoms in total. The quantitative estimate of drug-likeness (QED) is 0.0222. The second-order valence-corrected chi connectivity index (χ2v) is 32.8. The van der Waals surface area contributed by atoms with Crippen LogP contribution in [0.25, 0.3) is 0 Å². The molecule has 3 unspecified atom stereocenters. The summed E-state index contributed by atoms with van der Waals surface area (Å²) in [6, 6.07) is 0. The molecule has 3 N–H and O–H groups in total. The fourth-order valence-electron chi connectivity index (χ4n) is 12.5. The molecule has 0 aliphatic heterocycles. The van der Waals surface area contributed by atoms with E-state index in [1.165, 1.54) is 244 Å². The zero-order chi connectivity index (χ0) is 73.5. The lowest BCUT2D eigenvalue weighted by molar-refractivity contribution is -0.161. The zero-order valence-electron chi connectivity index (χ0n) is 65.5. The number of esters is 4. The Morgan fingerprint density at radius 1 is 0.290 bits per heavy atom. The summed E-state index contributed by atoms with van der Waals surface area (Å²) in [5.41, 5.74) is 0. The van der Waals surface area contributed by atoms with Crippen LogP contribution in [0.15, 0.2) is 0 Å². The second-order valence-electron chi connectivity index (χ2n) is 29.9. The number of carbonyl (C=O) groups excluding carboxylic acids is 4. The summed E-state index contributed by atoms with van der Waals surface area (Å²) in [7, 11) is -9.92. The number of phosphoric ester groups is 2. The van der Waals surface area contributed by atoms with E-state index in [-0.39, 0.29) is 25.7 Å². The van der Waals surface area contributed by atoms with Gasteiger partial charge in [0.05, 0.1) is 26.4 Å². The summed E-state index contributed by atoms with van der Waals surface area (Å²) in [5.74, 6) is -0.495. The molecule has 100 heavy (non-hydrogen) atoms. The molecule has 6 atom stereocenters. The molecule has 0 bridgehead atoms. The Bertz CT molecular complexity index is 1930. The van der Waals surface area contributed by atoms with Crippen LogP contribution in [0.3, 0.4) is 0 Å². The van der Waals surface area contributed by atoms with Crippen molar-refractivity contribution in [2.45, 2.75) is 445 Å².